The van der Waals surface area contributed by atoms with Gasteiger partial charge >= 0.3 is 0 Å². The minimum Gasteiger partial charge on any atom is -0.369 e. The summed E-state index contributed by atoms with van der Waals surface area (Å²) in [4.78, 5) is 2.48. The minimum atomic E-state index is 0.676. The molecule has 0 aromatic heterocycles. The highest BCUT2D eigenvalue weighted by atomic mass is 35.5. The van der Waals surface area contributed by atoms with Crippen LogP contribution >= 0.6 is 23.4 Å². The van der Waals surface area contributed by atoms with Crippen LogP contribution in [0.4, 0.5) is 5.69 Å². The van der Waals surface area contributed by atoms with Crippen LogP contribution in [0.1, 0.15) is 19.4 Å². The topological polar surface area (TPSA) is 15.3 Å². The second kappa shape index (κ2) is 6.18. The number of benzene rings is 1. The Balaban J connectivity index is 2.27. The number of anilines is 1. The van der Waals surface area contributed by atoms with E-state index < -0.39 is 0 Å². The molecule has 0 radical (unpaired) electrons. The molecule has 18 heavy (non-hydrogen) atoms. The van der Waals surface area contributed by atoms with Crippen molar-refractivity contribution < 1.29 is 0 Å². The summed E-state index contributed by atoms with van der Waals surface area (Å²) in [5.74, 6) is 0. The molecule has 0 bridgehead atoms. The predicted octanol–water partition coefficient (Wildman–Crippen LogP) is 3.39. The van der Waals surface area contributed by atoms with Crippen molar-refractivity contribution in [1.82, 2.24) is 5.32 Å². The summed E-state index contributed by atoms with van der Waals surface area (Å²) < 4.78 is 0. The molecule has 0 amide bonds. The highest BCUT2D eigenvalue weighted by molar-refractivity contribution is 8.00. The third-order valence-corrected chi connectivity index (χ3v) is 4.64. The van der Waals surface area contributed by atoms with E-state index in [1.165, 1.54) is 11.3 Å². The first-order valence-electron chi connectivity index (χ1n) is 6.43. The van der Waals surface area contributed by atoms with E-state index in [2.05, 4.69) is 48.0 Å². The summed E-state index contributed by atoms with van der Waals surface area (Å²) in [5.41, 5.74) is 2.61. The molecule has 1 fully saturated rings. The molecule has 1 aliphatic rings. The van der Waals surface area contributed by atoms with Crippen LogP contribution in [0.5, 0.6) is 0 Å². The third-order valence-electron chi connectivity index (χ3n) is 3.17. The predicted molar refractivity (Wildman–Crippen MR) is 82.9 cm³/mol. The molecular formula is C14H21ClN2S. The van der Waals surface area contributed by atoms with E-state index in [1.54, 1.807) is 0 Å². The number of hydrogen-bond acceptors (Lipinski definition) is 3. The van der Waals surface area contributed by atoms with Crippen LogP contribution in [-0.2, 0) is 6.54 Å². The molecular weight excluding hydrogens is 264 g/mol. The van der Waals surface area contributed by atoms with Crippen LogP contribution in [-0.4, -0.2) is 30.6 Å². The van der Waals surface area contributed by atoms with E-state index in [-0.39, 0.29) is 0 Å². The quantitative estimate of drug-likeness (QED) is 0.916. The normalized spacial score (nSPS) is 24.3. The Bertz CT molecular complexity index is 401. The first-order chi connectivity index (χ1) is 8.60. The standard InChI is InChI=1S/C14H21ClN2S/c1-10-8-17(9-11(2)18-10)14-6-13(15)5-4-12(14)7-16-3/h4-6,10-11,16H,7-9H2,1-3H3. The number of nitrogens with one attached hydrogen (secondary N) is 1. The summed E-state index contributed by atoms with van der Waals surface area (Å²) in [6.07, 6.45) is 0. The summed E-state index contributed by atoms with van der Waals surface area (Å²) in [6.45, 7) is 7.70. The Hall–Kier alpha value is -0.380. The van der Waals surface area contributed by atoms with Crippen molar-refractivity contribution in [2.24, 2.45) is 0 Å². The zero-order valence-electron chi connectivity index (χ0n) is 11.2. The zero-order valence-corrected chi connectivity index (χ0v) is 12.8. The van der Waals surface area contributed by atoms with Gasteiger partial charge in [0.1, 0.15) is 0 Å². The van der Waals surface area contributed by atoms with E-state index in [0.717, 1.165) is 24.7 Å². The number of hydrogen-bond donors (Lipinski definition) is 1. The van der Waals surface area contributed by atoms with Crippen molar-refractivity contribution in [3.05, 3.63) is 28.8 Å². The number of nitrogens with zero attached hydrogens (tertiary/aromatic N) is 1. The fourth-order valence-electron chi connectivity index (χ4n) is 2.55. The van der Waals surface area contributed by atoms with Gasteiger partial charge in [-0.3, -0.25) is 0 Å². The molecule has 1 aromatic carbocycles. The molecule has 1 heterocycles. The smallest absolute Gasteiger partial charge is 0.0427 e. The number of halogens is 1. The second-order valence-electron chi connectivity index (χ2n) is 4.97. The summed E-state index contributed by atoms with van der Waals surface area (Å²) >= 11 is 8.23. The van der Waals surface area contributed by atoms with Crippen LogP contribution in [0.15, 0.2) is 18.2 Å². The summed E-state index contributed by atoms with van der Waals surface area (Å²) in [6, 6.07) is 6.21. The first kappa shape index (κ1) is 14.0. The van der Waals surface area contributed by atoms with Gasteiger partial charge in [-0.05, 0) is 24.7 Å². The van der Waals surface area contributed by atoms with Gasteiger partial charge in [0.05, 0.1) is 0 Å². The molecule has 0 spiro atoms. The molecule has 0 aliphatic carbocycles. The molecule has 4 heteroatoms. The molecule has 1 aliphatic heterocycles. The lowest BCUT2D eigenvalue weighted by atomic mass is 10.1. The van der Waals surface area contributed by atoms with Gasteiger partial charge in [-0.25, -0.2) is 0 Å². The fourth-order valence-corrected chi connectivity index (χ4v) is 4.04. The van der Waals surface area contributed by atoms with Crippen LogP contribution in [0.25, 0.3) is 0 Å². The second-order valence-corrected chi connectivity index (χ2v) is 7.28. The minimum absolute atomic E-state index is 0.676. The van der Waals surface area contributed by atoms with Gasteiger partial charge in [-0.2, -0.15) is 11.8 Å². The average Bonchev–Trinajstić information content (AvgIpc) is 2.30. The highest BCUT2D eigenvalue weighted by Gasteiger charge is 2.23. The molecule has 0 saturated carbocycles. The van der Waals surface area contributed by atoms with Crippen molar-refractivity contribution >= 4 is 29.1 Å². The molecule has 1 N–H and O–H groups in total. The lowest BCUT2D eigenvalue weighted by Gasteiger charge is -2.37. The highest BCUT2D eigenvalue weighted by Crippen LogP contribution is 2.32. The largest absolute Gasteiger partial charge is 0.369 e. The van der Waals surface area contributed by atoms with Crippen LogP contribution < -0.4 is 10.2 Å². The van der Waals surface area contributed by atoms with Crippen molar-refractivity contribution in [3.8, 4) is 0 Å². The zero-order chi connectivity index (χ0) is 13.1. The van der Waals surface area contributed by atoms with Gasteiger partial charge in [0.15, 0.2) is 0 Å². The number of thioether (sulfide) groups is 1. The lowest BCUT2D eigenvalue weighted by Crippen LogP contribution is -2.41. The van der Waals surface area contributed by atoms with Gasteiger partial charge in [0, 0.05) is 40.8 Å². The monoisotopic (exact) mass is 284 g/mol. The first-order valence-corrected chi connectivity index (χ1v) is 7.75. The van der Waals surface area contributed by atoms with Gasteiger partial charge < -0.3 is 10.2 Å². The number of rotatable bonds is 3. The SMILES string of the molecule is CNCc1ccc(Cl)cc1N1CC(C)SC(C)C1. The van der Waals surface area contributed by atoms with E-state index in [4.69, 9.17) is 11.6 Å². The maximum absolute atomic E-state index is 6.16. The molecule has 2 rings (SSSR count). The third kappa shape index (κ3) is 3.34. The van der Waals surface area contributed by atoms with E-state index in [1.807, 2.05) is 13.1 Å². The van der Waals surface area contributed by atoms with Crippen LogP contribution in [0.2, 0.25) is 5.02 Å². The van der Waals surface area contributed by atoms with E-state index >= 15 is 0 Å². The molecule has 1 aromatic rings. The van der Waals surface area contributed by atoms with Gasteiger partial charge in [0.2, 0.25) is 0 Å². The van der Waals surface area contributed by atoms with Gasteiger partial charge in [0.25, 0.3) is 0 Å². The molecule has 1 saturated heterocycles. The Morgan fingerprint density at radius 1 is 1.33 bits per heavy atom. The van der Waals surface area contributed by atoms with Gasteiger partial charge in [-0.15, -0.1) is 0 Å². The molecule has 2 unspecified atom stereocenters. The van der Waals surface area contributed by atoms with Crippen molar-refractivity contribution in [2.75, 3.05) is 25.0 Å². The van der Waals surface area contributed by atoms with E-state index in [9.17, 15) is 0 Å². The Morgan fingerprint density at radius 3 is 2.61 bits per heavy atom. The van der Waals surface area contributed by atoms with E-state index in [0.29, 0.717) is 10.5 Å². The maximum Gasteiger partial charge on any atom is 0.0427 e. The average molecular weight is 285 g/mol. The summed E-state index contributed by atoms with van der Waals surface area (Å²) in [5, 5.41) is 5.41. The lowest BCUT2D eigenvalue weighted by molar-refractivity contribution is 0.718. The Morgan fingerprint density at radius 2 is 2.00 bits per heavy atom. The van der Waals surface area contributed by atoms with Crippen LogP contribution in [0, 0.1) is 0 Å². The summed E-state index contributed by atoms with van der Waals surface area (Å²) in [7, 11) is 1.98. The fraction of sp³-hybridized carbons (Fsp3) is 0.571. The molecule has 2 atom stereocenters. The Kier molecular flexibility index (Phi) is 4.82. The Labute approximate surface area is 119 Å². The van der Waals surface area contributed by atoms with Crippen LogP contribution in [0.3, 0.4) is 0 Å². The van der Waals surface area contributed by atoms with Crippen molar-refractivity contribution in [3.63, 3.8) is 0 Å². The van der Waals surface area contributed by atoms with Crippen molar-refractivity contribution in [2.45, 2.75) is 30.9 Å². The maximum atomic E-state index is 6.16. The van der Waals surface area contributed by atoms with Gasteiger partial charge in [-0.1, -0.05) is 31.5 Å². The molecule has 2 nitrogen and oxygen atoms in total. The van der Waals surface area contributed by atoms with Crippen molar-refractivity contribution in [1.29, 1.82) is 0 Å². The molecule has 100 valence electrons.